The fourth-order valence-electron chi connectivity index (χ4n) is 2.70. The number of hydrogen-bond donors (Lipinski definition) is 1. The molecule has 0 aromatic carbocycles. The molecule has 1 rings (SSSR count). The van der Waals surface area contributed by atoms with E-state index in [-0.39, 0.29) is 5.91 Å². The van der Waals surface area contributed by atoms with E-state index in [0.29, 0.717) is 11.8 Å². The molecule has 3 heteroatoms. The molecular formula is C13H26N2O. The Balaban J connectivity index is 2.73. The predicted molar refractivity (Wildman–Crippen MR) is 67.0 cm³/mol. The van der Waals surface area contributed by atoms with E-state index in [9.17, 15) is 4.79 Å². The minimum absolute atomic E-state index is 0.149. The van der Waals surface area contributed by atoms with E-state index in [1.54, 1.807) is 0 Å². The first-order valence-electron chi connectivity index (χ1n) is 6.51. The summed E-state index contributed by atoms with van der Waals surface area (Å²) in [4.78, 5) is 14.4. The normalized spacial score (nSPS) is 26.9. The number of nitrogens with two attached hydrogens (primary N) is 1. The Morgan fingerprint density at radius 1 is 1.25 bits per heavy atom. The summed E-state index contributed by atoms with van der Waals surface area (Å²) >= 11 is 0. The molecule has 1 amide bonds. The van der Waals surface area contributed by atoms with E-state index in [2.05, 4.69) is 13.8 Å². The van der Waals surface area contributed by atoms with Gasteiger partial charge in [0.2, 0.25) is 5.91 Å². The van der Waals surface area contributed by atoms with Gasteiger partial charge in [-0.15, -0.1) is 0 Å². The maximum absolute atomic E-state index is 12.4. The number of nitrogens with zero attached hydrogens (tertiary/aromatic N) is 1. The fraction of sp³-hybridized carbons (Fsp3) is 0.923. The zero-order chi connectivity index (χ0) is 12.3. The average Bonchev–Trinajstić information content (AvgIpc) is 2.25. The summed E-state index contributed by atoms with van der Waals surface area (Å²) in [5.74, 6) is 1.35. The summed E-state index contributed by atoms with van der Waals surface area (Å²) in [7, 11) is 0. The van der Waals surface area contributed by atoms with E-state index in [1.807, 2.05) is 18.7 Å². The number of carbonyl (C=O) groups is 1. The van der Waals surface area contributed by atoms with Gasteiger partial charge in [-0.3, -0.25) is 4.79 Å². The molecule has 0 aromatic rings. The lowest BCUT2D eigenvalue weighted by atomic mass is 9.87. The van der Waals surface area contributed by atoms with Crippen LogP contribution in [0.2, 0.25) is 0 Å². The van der Waals surface area contributed by atoms with Crippen molar-refractivity contribution in [3.05, 3.63) is 0 Å². The molecule has 16 heavy (non-hydrogen) atoms. The summed E-state index contributed by atoms with van der Waals surface area (Å²) in [5, 5.41) is 0. The van der Waals surface area contributed by atoms with Gasteiger partial charge < -0.3 is 10.6 Å². The van der Waals surface area contributed by atoms with Gasteiger partial charge in [0.1, 0.15) is 0 Å². The van der Waals surface area contributed by atoms with Crippen molar-refractivity contribution in [1.82, 2.24) is 4.90 Å². The second-order valence-electron chi connectivity index (χ2n) is 5.52. The molecular weight excluding hydrogens is 200 g/mol. The van der Waals surface area contributed by atoms with Crippen molar-refractivity contribution in [2.24, 2.45) is 17.6 Å². The van der Waals surface area contributed by atoms with Crippen LogP contribution >= 0.6 is 0 Å². The molecule has 0 aromatic heterocycles. The van der Waals surface area contributed by atoms with Gasteiger partial charge in [-0.25, -0.2) is 0 Å². The Labute approximate surface area is 99.4 Å². The number of carbonyl (C=O) groups excluding carboxylic acids is 1. The highest BCUT2D eigenvalue weighted by Gasteiger charge is 2.36. The molecule has 2 unspecified atom stereocenters. The number of rotatable bonds is 3. The minimum Gasteiger partial charge on any atom is -0.341 e. The summed E-state index contributed by atoms with van der Waals surface area (Å²) < 4.78 is 0. The summed E-state index contributed by atoms with van der Waals surface area (Å²) in [6, 6.07) is 0. The zero-order valence-electron chi connectivity index (χ0n) is 11.1. The van der Waals surface area contributed by atoms with Crippen LogP contribution in [-0.2, 0) is 4.79 Å². The van der Waals surface area contributed by atoms with Gasteiger partial charge in [-0.05, 0) is 31.1 Å². The van der Waals surface area contributed by atoms with Crippen molar-refractivity contribution >= 4 is 5.91 Å². The van der Waals surface area contributed by atoms with Crippen LogP contribution < -0.4 is 5.73 Å². The maximum Gasteiger partial charge on any atom is 0.242 e. The molecule has 0 saturated carbocycles. The molecule has 1 aliphatic rings. The Hall–Kier alpha value is -0.570. The Bertz CT molecular complexity index is 238. The van der Waals surface area contributed by atoms with Crippen molar-refractivity contribution < 1.29 is 4.79 Å². The van der Waals surface area contributed by atoms with Crippen LogP contribution in [-0.4, -0.2) is 29.4 Å². The van der Waals surface area contributed by atoms with Gasteiger partial charge in [-0.1, -0.05) is 27.7 Å². The van der Waals surface area contributed by atoms with Gasteiger partial charge in [0.05, 0.1) is 5.54 Å². The molecule has 2 atom stereocenters. The Kier molecular flexibility index (Phi) is 4.36. The van der Waals surface area contributed by atoms with Gasteiger partial charge >= 0.3 is 0 Å². The van der Waals surface area contributed by atoms with E-state index < -0.39 is 5.54 Å². The van der Waals surface area contributed by atoms with Crippen LogP contribution in [0.25, 0.3) is 0 Å². The van der Waals surface area contributed by atoms with Gasteiger partial charge in [0.15, 0.2) is 0 Å². The standard InChI is InChI=1S/C13H26N2O/c1-5-13(14,6-2)12(16)15-8-10(3)7-11(4)9-15/h10-11H,5-9,14H2,1-4H3. The average molecular weight is 226 g/mol. The van der Waals surface area contributed by atoms with Crippen LogP contribution in [0.4, 0.5) is 0 Å². The second kappa shape index (κ2) is 5.17. The van der Waals surface area contributed by atoms with Crippen LogP contribution in [0.3, 0.4) is 0 Å². The molecule has 0 bridgehead atoms. The number of likely N-dealkylation sites (tertiary alicyclic amines) is 1. The second-order valence-corrected chi connectivity index (χ2v) is 5.52. The number of hydrogen-bond acceptors (Lipinski definition) is 2. The highest BCUT2D eigenvalue weighted by atomic mass is 16.2. The highest BCUT2D eigenvalue weighted by molar-refractivity contribution is 5.86. The van der Waals surface area contributed by atoms with E-state index >= 15 is 0 Å². The fourth-order valence-corrected chi connectivity index (χ4v) is 2.70. The third-order valence-corrected chi connectivity index (χ3v) is 3.84. The molecule has 2 N–H and O–H groups in total. The summed E-state index contributed by atoms with van der Waals surface area (Å²) in [5.41, 5.74) is 5.53. The molecule has 0 spiro atoms. The Morgan fingerprint density at radius 3 is 2.06 bits per heavy atom. The molecule has 1 aliphatic heterocycles. The van der Waals surface area contributed by atoms with Crippen LogP contribution in [0.15, 0.2) is 0 Å². The van der Waals surface area contributed by atoms with Crippen molar-refractivity contribution in [2.45, 2.75) is 52.5 Å². The monoisotopic (exact) mass is 226 g/mol. The predicted octanol–water partition coefficient (Wildman–Crippen LogP) is 2.01. The molecule has 0 aliphatic carbocycles. The first-order valence-corrected chi connectivity index (χ1v) is 6.51. The molecule has 1 fully saturated rings. The lowest BCUT2D eigenvalue weighted by Crippen LogP contribution is -2.57. The van der Waals surface area contributed by atoms with Crippen molar-refractivity contribution in [3.8, 4) is 0 Å². The Morgan fingerprint density at radius 2 is 1.69 bits per heavy atom. The zero-order valence-corrected chi connectivity index (χ0v) is 11.1. The first kappa shape index (κ1) is 13.5. The molecule has 1 heterocycles. The third-order valence-electron chi connectivity index (χ3n) is 3.84. The highest BCUT2D eigenvalue weighted by Crippen LogP contribution is 2.24. The SMILES string of the molecule is CCC(N)(CC)C(=O)N1CC(C)CC(C)C1. The first-order chi connectivity index (χ1) is 7.42. The van der Waals surface area contributed by atoms with Crippen molar-refractivity contribution in [3.63, 3.8) is 0 Å². The van der Waals surface area contributed by atoms with Gasteiger partial charge in [0, 0.05) is 13.1 Å². The lowest BCUT2D eigenvalue weighted by Gasteiger charge is -2.39. The topological polar surface area (TPSA) is 46.3 Å². The number of piperidine rings is 1. The maximum atomic E-state index is 12.4. The third kappa shape index (κ3) is 2.76. The van der Waals surface area contributed by atoms with Crippen LogP contribution in [0, 0.1) is 11.8 Å². The van der Waals surface area contributed by atoms with Crippen molar-refractivity contribution in [1.29, 1.82) is 0 Å². The van der Waals surface area contributed by atoms with Crippen molar-refractivity contribution in [2.75, 3.05) is 13.1 Å². The van der Waals surface area contributed by atoms with E-state index in [4.69, 9.17) is 5.73 Å². The minimum atomic E-state index is -0.642. The molecule has 94 valence electrons. The smallest absolute Gasteiger partial charge is 0.242 e. The summed E-state index contributed by atoms with van der Waals surface area (Å²) in [6.07, 6.45) is 2.67. The molecule has 3 nitrogen and oxygen atoms in total. The largest absolute Gasteiger partial charge is 0.341 e. The molecule has 0 radical (unpaired) electrons. The van der Waals surface area contributed by atoms with Crippen LogP contribution in [0.5, 0.6) is 0 Å². The van der Waals surface area contributed by atoms with Crippen LogP contribution in [0.1, 0.15) is 47.0 Å². The van der Waals surface area contributed by atoms with Gasteiger partial charge in [0.25, 0.3) is 0 Å². The van der Waals surface area contributed by atoms with E-state index in [0.717, 1.165) is 25.9 Å². The summed E-state index contributed by atoms with van der Waals surface area (Å²) in [6.45, 7) is 10.2. The molecule has 1 saturated heterocycles. The number of amides is 1. The van der Waals surface area contributed by atoms with Gasteiger partial charge in [-0.2, -0.15) is 0 Å². The van der Waals surface area contributed by atoms with E-state index in [1.165, 1.54) is 6.42 Å². The quantitative estimate of drug-likeness (QED) is 0.800. The lowest BCUT2D eigenvalue weighted by molar-refractivity contribution is -0.140.